The van der Waals surface area contributed by atoms with E-state index in [0.29, 0.717) is 19.3 Å². The maximum absolute atomic E-state index is 12.2. The highest BCUT2D eigenvalue weighted by molar-refractivity contribution is 6.12. The molecule has 3 atom stereocenters. The zero-order valence-electron chi connectivity index (χ0n) is 18.5. The summed E-state index contributed by atoms with van der Waals surface area (Å²) in [6, 6.07) is -3.61. The SMILES string of the molecule is C[C@H](NC(=O)CCCCCN1C(=O)C=CC1=O)C(=O)N[C@@H](C)C(=O)N[C@@H](CC(N)=O)C(=O)O. The number of hydrogen-bond acceptors (Lipinski definition) is 7. The highest BCUT2D eigenvalue weighted by Gasteiger charge is 2.27. The summed E-state index contributed by atoms with van der Waals surface area (Å²) in [5, 5.41) is 16.0. The molecule has 1 heterocycles. The van der Waals surface area contributed by atoms with Crippen LogP contribution in [0.15, 0.2) is 12.2 Å². The molecule has 0 aromatic rings. The number of nitrogens with two attached hydrogens (primary N) is 1. The molecule has 0 aromatic carbocycles. The molecular weight excluding hydrogens is 438 g/mol. The van der Waals surface area contributed by atoms with E-state index in [0.717, 1.165) is 4.90 Å². The molecule has 0 aliphatic carbocycles. The summed E-state index contributed by atoms with van der Waals surface area (Å²) in [4.78, 5) is 82.3. The maximum atomic E-state index is 12.2. The van der Waals surface area contributed by atoms with E-state index in [4.69, 9.17) is 10.8 Å². The number of carboxylic acids is 1. The summed E-state index contributed by atoms with van der Waals surface area (Å²) in [6.07, 6.45) is 3.56. The van der Waals surface area contributed by atoms with Gasteiger partial charge < -0.3 is 26.8 Å². The molecule has 0 fully saturated rings. The minimum atomic E-state index is -1.52. The first kappa shape index (κ1) is 27.3. The first-order chi connectivity index (χ1) is 15.4. The normalized spacial score (nSPS) is 15.5. The van der Waals surface area contributed by atoms with Crippen LogP contribution >= 0.6 is 0 Å². The van der Waals surface area contributed by atoms with Gasteiger partial charge in [0.25, 0.3) is 11.8 Å². The van der Waals surface area contributed by atoms with Crippen LogP contribution in [0.25, 0.3) is 0 Å². The standard InChI is InChI=1S/C20H29N5O8/c1-11(18(30)23-12(2)19(31)24-13(20(32)33)10-14(21)26)22-15(27)6-4-3-5-9-25-16(28)7-8-17(25)29/h7-8,11-13H,3-6,9-10H2,1-2H3,(H2,21,26)(H,22,27)(H,23,30)(H,24,31)(H,32,33)/t11-,12-,13-/m0/s1. The number of carbonyl (C=O) groups excluding carboxylic acids is 6. The third-order valence-electron chi connectivity index (χ3n) is 4.73. The number of amides is 6. The van der Waals surface area contributed by atoms with E-state index in [1.807, 2.05) is 0 Å². The summed E-state index contributed by atoms with van der Waals surface area (Å²) >= 11 is 0. The van der Waals surface area contributed by atoms with Crippen molar-refractivity contribution in [1.29, 1.82) is 0 Å². The number of primary amides is 1. The fourth-order valence-electron chi connectivity index (χ4n) is 2.86. The first-order valence-corrected chi connectivity index (χ1v) is 10.4. The molecule has 1 aliphatic rings. The number of hydrogen-bond donors (Lipinski definition) is 5. The van der Waals surface area contributed by atoms with Crippen LogP contribution in [-0.2, 0) is 33.6 Å². The highest BCUT2D eigenvalue weighted by atomic mass is 16.4. The quantitative estimate of drug-likeness (QED) is 0.141. The van der Waals surface area contributed by atoms with Gasteiger partial charge in [-0.15, -0.1) is 0 Å². The monoisotopic (exact) mass is 467 g/mol. The average Bonchev–Trinajstić information content (AvgIpc) is 3.04. The Morgan fingerprint density at radius 3 is 2.00 bits per heavy atom. The largest absolute Gasteiger partial charge is 0.480 e. The number of imide groups is 1. The first-order valence-electron chi connectivity index (χ1n) is 10.4. The van der Waals surface area contributed by atoms with Crippen LogP contribution < -0.4 is 21.7 Å². The Morgan fingerprint density at radius 2 is 1.45 bits per heavy atom. The van der Waals surface area contributed by atoms with Crippen molar-refractivity contribution in [2.45, 2.75) is 64.1 Å². The Balaban J connectivity index is 2.32. The van der Waals surface area contributed by atoms with Gasteiger partial charge in [0.05, 0.1) is 6.42 Å². The molecule has 6 N–H and O–H groups in total. The minimum absolute atomic E-state index is 0.126. The number of aliphatic carboxylic acids is 1. The maximum Gasteiger partial charge on any atom is 0.326 e. The topological polar surface area (TPSA) is 205 Å². The number of carbonyl (C=O) groups is 7. The fraction of sp³-hybridized carbons (Fsp3) is 0.550. The number of nitrogens with one attached hydrogen (secondary N) is 3. The van der Waals surface area contributed by atoms with Crippen LogP contribution in [0.2, 0.25) is 0 Å². The van der Waals surface area contributed by atoms with Crippen LogP contribution in [0.5, 0.6) is 0 Å². The zero-order chi connectivity index (χ0) is 25.1. The second-order valence-electron chi connectivity index (χ2n) is 7.56. The Morgan fingerprint density at radius 1 is 0.909 bits per heavy atom. The fourth-order valence-corrected chi connectivity index (χ4v) is 2.86. The summed E-state index contributed by atoms with van der Waals surface area (Å²) in [5.41, 5.74) is 4.95. The Bertz CT molecular complexity index is 822. The molecule has 13 nitrogen and oxygen atoms in total. The zero-order valence-corrected chi connectivity index (χ0v) is 18.5. The van der Waals surface area contributed by atoms with Gasteiger partial charge in [-0.1, -0.05) is 6.42 Å². The number of rotatable bonds is 14. The van der Waals surface area contributed by atoms with Gasteiger partial charge in [0.15, 0.2) is 0 Å². The van der Waals surface area contributed by atoms with Gasteiger partial charge in [0.1, 0.15) is 18.1 Å². The van der Waals surface area contributed by atoms with Crippen molar-refractivity contribution in [3.05, 3.63) is 12.2 Å². The molecule has 0 saturated carbocycles. The number of unbranched alkanes of at least 4 members (excludes halogenated alkanes) is 2. The molecule has 0 radical (unpaired) electrons. The molecule has 13 heteroatoms. The molecule has 0 aromatic heterocycles. The van der Waals surface area contributed by atoms with E-state index in [9.17, 15) is 33.6 Å². The van der Waals surface area contributed by atoms with Crippen LogP contribution in [0.1, 0.15) is 46.0 Å². The third kappa shape index (κ3) is 9.49. The lowest BCUT2D eigenvalue weighted by Crippen LogP contribution is -2.54. The van der Waals surface area contributed by atoms with Crippen LogP contribution in [0.4, 0.5) is 0 Å². The molecule has 6 amide bonds. The van der Waals surface area contributed by atoms with Crippen LogP contribution in [-0.4, -0.2) is 76.1 Å². The molecule has 0 unspecified atom stereocenters. The lowest BCUT2D eigenvalue weighted by molar-refractivity contribution is -0.143. The molecule has 0 saturated heterocycles. The predicted octanol–water partition coefficient (Wildman–Crippen LogP) is -2.07. The Kier molecular flexibility index (Phi) is 10.7. The van der Waals surface area contributed by atoms with E-state index < -0.39 is 54.1 Å². The van der Waals surface area contributed by atoms with Gasteiger partial charge in [-0.2, -0.15) is 0 Å². The predicted molar refractivity (Wildman–Crippen MR) is 113 cm³/mol. The molecule has 0 spiro atoms. The van der Waals surface area contributed by atoms with Crippen molar-refractivity contribution in [2.24, 2.45) is 5.73 Å². The average molecular weight is 467 g/mol. The molecular formula is C20H29N5O8. The van der Waals surface area contributed by atoms with Crippen molar-refractivity contribution >= 4 is 41.4 Å². The molecule has 33 heavy (non-hydrogen) atoms. The number of carboxylic acid groups (broad SMARTS) is 1. The summed E-state index contributed by atoms with van der Waals surface area (Å²) in [6.45, 7) is 3.01. The van der Waals surface area contributed by atoms with Gasteiger partial charge in [-0.25, -0.2) is 4.79 Å². The summed E-state index contributed by atoms with van der Waals surface area (Å²) in [5.74, 6) is -4.95. The van der Waals surface area contributed by atoms with Crippen LogP contribution in [0, 0.1) is 0 Å². The minimum Gasteiger partial charge on any atom is -0.480 e. The van der Waals surface area contributed by atoms with E-state index >= 15 is 0 Å². The smallest absolute Gasteiger partial charge is 0.326 e. The highest BCUT2D eigenvalue weighted by Crippen LogP contribution is 2.07. The second kappa shape index (κ2) is 12.9. The van der Waals surface area contributed by atoms with Gasteiger partial charge >= 0.3 is 5.97 Å². The van der Waals surface area contributed by atoms with E-state index in [1.54, 1.807) is 0 Å². The van der Waals surface area contributed by atoms with E-state index in [2.05, 4.69) is 16.0 Å². The number of nitrogens with zero attached hydrogens (tertiary/aromatic N) is 1. The molecule has 1 rings (SSSR count). The lowest BCUT2D eigenvalue weighted by atomic mass is 10.1. The summed E-state index contributed by atoms with van der Waals surface area (Å²) in [7, 11) is 0. The molecule has 1 aliphatic heterocycles. The van der Waals surface area contributed by atoms with Gasteiger partial charge in [0, 0.05) is 25.1 Å². The van der Waals surface area contributed by atoms with Gasteiger partial charge in [-0.05, 0) is 26.7 Å². The van der Waals surface area contributed by atoms with Crippen LogP contribution in [0.3, 0.4) is 0 Å². The molecule has 0 bridgehead atoms. The molecule has 182 valence electrons. The van der Waals surface area contributed by atoms with Crippen molar-refractivity contribution in [1.82, 2.24) is 20.9 Å². The second-order valence-corrected chi connectivity index (χ2v) is 7.56. The van der Waals surface area contributed by atoms with Crippen molar-refractivity contribution < 1.29 is 38.7 Å². The van der Waals surface area contributed by atoms with E-state index in [-0.39, 0.29) is 24.8 Å². The van der Waals surface area contributed by atoms with Gasteiger partial charge in [-0.3, -0.25) is 33.7 Å². The Hall–Kier alpha value is -3.77. The van der Waals surface area contributed by atoms with Crippen molar-refractivity contribution in [2.75, 3.05) is 6.54 Å². The summed E-state index contributed by atoms with van der Waals surface area (Å²) < 4.78 is 0. The van der Waals surface area contributed by atoms with Crippen molar-refractivity contribution in [3.63, 3.8) is 0 Å². The third-order valence-corrected chi connectivity index (χ3v) is 4.73. The lowest BCUT2D eigenvalue weighted by Gasteiger charge is -2.20. The Labute approximate surface area is 190 Å². The van der Waals surface area contributed by atoms with Gasteiger partial charge in [0.2, 0.25) is 23.6 Å². The van der Waals surface area contributed by atoms with Crippen molar-refractivity contribution in [3.8, 4) is 0 Å². The van der Waals surface area contributed by atoms with E-state index in [1.165, 1.54) is 26.0 Å².